The third-order valence-electron chi connectivity index (χ3n) is 5.34. The molecule has 0 spiro atoms. The second-order valence-corrected chi connectivity index (χ2v) is 6.86. The van der Waals surface area contributed by atoms with Crippen molar-refractivity contribution in [1.29, 1.82) is 0 Å². The van der Waals surface area contributed by atoms with Crippen molar-refractivity contribution in [3.63, 3.8) is 0 Å². The van der Waals surface area contributed by atoms with E-state index in [9.17, 15) is 0 Å². The van der Waals surface area contributed by atoms with Crippen molar-refractivity contribution in [2.45, 2.75) is 50.6 Å². The van der Waals surface area contributed by atoms with Gasteiger partial charge >= 0.3 is 0 Å². The van der Waals surface area contributed by atoms with Gasteiger partial charge in [-0.05, 0) is 31.7 Å². The Balaban J connectivity index is 1.29. The summed E-state index contributed by atoms with van der Waals surface area (Å²) in [5.74, 6) is 3.18. The lowest BCUT2D eigenvalue weighted by Gasteiger charge is -2.36. The van der Waals surface area contributed by atoms with Gasteiger partial charge in [0, 0.05) is 38.3 Å². The van der Waals surface area contributed by atoms with Crippen LogP contribution in [0.4, 0.5) is 5.82 Å². The third kappa shape index (κ3) is 3.26. The van der Waals surface area contributed by atoms with E-state index >= 15 is 0 Å². The molecular weight excluding hydrogens is 304 g/mol. The van der Waals surface area contributed by atoms with Crippen LogP contribution >= 0.6 is 0 Å². The zero-order chi connectivity index (χ0) is 16.4. The molecular formula is C17H24N6O. The Bertz CT molecular complexity index is 648. The number of likely N-dealkylation sites (tertiary alicyclic amines) is 1. The second kappa shape index (κ2) is 6.84. The van der Waals surface area contributed by atoms with Gasteiger partial charge in [-0.15, -0.1) is 0 Å². The largest absolute Gasteiger partial charge is 0.356 e. The number of anilines is 1. The third-order valence-corrected chi connectivity index (χ3v) is 5.34. The average Bonchev–Trinajstić information content (AvgIpc) is 3.02. The molecule has 4 rings (SSSR count). The molecule has 3 heterocycles. The predicted molar refractivity (Wildman–Crippen MR) is 89.6 cm³/mol. The van der Waals surface area contributed by atoms with E-state index in [1.54, 1.807) is 12.5 Å². The highest BCUT2D eigenvalue weighted by atomic mass is 16.5. The molecule has 1 aliphatic carbocycles. The van der Waals surface area contributed by atoms with Crippen molar-refractivity contribution in [1.82, 2.24) is 25.0 Å². The molecule has 2 aromatic heterocycles. The molecule has 1 saturated carbocycles. The van der Waals surface area contributed by atoms with Gasteiger partial charge in [-0.3, -0.25) is 4.90 Å². The maximum absolute atomic E-state index is 5.42. The fourth-order valence-corrected chi connectivity index (χ4v) is 3.50. The summed E-state index contributed by atoms with van der Waals surface area (Å²) in [6.45, 7) is 2.89. The molecule has 0 unspecified atom stereocenters. The number of nitrogens with zero attached hydrogens (tertiary/aromatic N) is 6. The molecule has 1 saturated heterocycles. The number of aromatic nitrogens is 4. The summed E-state index contributed by atoms with van der Waals surface area (Å²) in [5, 5.41) is 4.16. The Morgan fingerprint density at radius 1 is 1.25 bits per heavy atom. The molecule has 0 amide bonds. The monoisotopic (exact) mass is 328 g/mol. The van der Waals surface area contributed by atoms with Gasteiger partial charge in [0.15, 0.2) is 5.82 Å². The normalized spacial score (nSPS) is 20.0. The molecule has 7 heteroatoms. The average molecular weight is 328 g/mol. The number of hydrogen-bond acceptors (Lipinski definition) is 7. The van der Waals surface area contributed by atoms with E-state index in [1.165, 1.54) is 19.3 Å². The second-order valence-electron chi connectivity index (χ2n) is 6.86. The van der Waals surface area contributed by atoms with Crippen molar-refractivity contribution in [2.75, 3.05) is 25.0 Å². The molecule has 0 aromatic carbocycles. The molecule has 0 radical (unpaired) electrons. The Hall–Kier alpha value is -2.02. The van der Waals surface area contributed by atoms with E-state index in [4.69, 9.17) is 4.52 Å². The van der Waals surface area contributed by atoms with Gasteiger partial charge in [0.25, 0.3) is 0 Å². The highest BCUT2D eigenvalue weighted by Crippen LogP contribution is 2.35. The molecule has 0 atom stereocenters. The lowest BCUT2D eigenvalue weighted by Crippen LogP contribution is -2.43. The Kier molecular flexibility index (Phi) is 4.42. The summed E-state index contributed by atoms with van der Waals surface area (Å²) in [7, 11) is 2.12. The molecule has 128 valence electrons. The van der Waals surface area contributed by atoms with Crippen LogP contribution in [0.1, 0.15) is 49.7 Å². The molecule has 7 nitrogen and oxygen atoms in total. The van der Waals surface area contributed by atoms with E-state index < -0.39 is 0 Å². The van der Waals surface area contributed by atoms with Gasteiger partial charge in [0.05, 0.1) is 6.54 Å². The Morgan fingerprint density at radius 3 is 2.75 bits per heavy atom. The van der Waals surface area contributed by atoms with Crippen LogP contribution in [0, 0.1) is 0 Å². The maximum Gasteiger partial charge on any atom is 0.229 e. The number of rotatable bonds is 5. The van der Waals surface area contributed by atoms with E-state index in [-0.39, 0.29) is 0 Å². The van der Waals surface area contributed by atoms with Crippen molar-refractivity contribution < 1.29 is 4.52 Å². The minimum absolute atomic E-state index is 0.512. The van der Waals surface area contributed by atoms with Crippen LogP contribution in [0.15, 0.2) is 23.1 Å². The summed E-state index contributed by atoms with van der Waals surface area (Å²) in [5.41, 5.74) is 0. The molecule has 24 heavy (non-hydrogen) atoms. The van der Waals surface area contributed by atoms with Gasteiger partial charge < -0.3 is 9.42 Å². The lowest BCUT2D eigenvalue weighted by atomic mass is 9.85. The minimum atomic E-state index is 0.512. The highest BCUT2D eigenvalue weighted by molar-refractivity contribution is 5.36. The van der Waals surface area contributed by atoms with Crippen LogP contribution < -0.4 is 4.90 Å². The van der Waals surface area contributed by atoms with Gasteiger partial charge in [-0.2, -0.15) is 4.98 Å². The summed E-state index contributed by atoms with van der Waals surface area (Å²) >= 11 is 0. The fourth-order valence-electron chi connectivity index (χ4n) is 3.50. The number of hydrogen-bond donors (Lipinski definition) is 0. The van der Waals surface area contributed by atoms with Gasteiger partial charge in [0.2, 0.25) is 5.89 Å². The summed E-state index contributed by atoms with van der Waals surface area (Å²) in [6, 6.07) is 2.49. The molecule has 0 N–H and O–H groups in total. The van der Waals surface area contributed by atoms with Gasteiger partial charge in [-0.25, -0.2) is 9.97 Å². The molecule has 2 aromatic rings. The quantitative estimate of drug-likeness (QED) is 0.833. The zero-order valence-corrected chi connectivity index (χ0v) is 14.1. The van der Waals surface area contributed by atoms with Crippen LogP contribution in [-0.2, 0) is 6.54 Å². The fraction of sp³-hybridized carbons (Fsp3) is 0.647. The van der Waals surface area contributed by atoms with Crippen molar-refractivity contribution in [2.24, 2.45) is 0 Å². The predicted octanol–water partition coefficient (Wildman–Crippen LogP) is 2.23. The first-order valence-corrected chi connectivity index (χ1v) is 8.83. The molecule has 2 fully saturated rings. The van der Waals surface area contributed by atoms with Crippen LogP contribution in [0.3, 0.4) is 0 Å². The summed E-state index contributed by atoms with van der Waals surface area (Å²) < 4.78 is 5.42. The van der Waals surface area contributed by atoms with Crippen LogP contribution in [0.5, 0.6) is 0 Å². The minimum Gasteiger partial charge on any atom is -0.356 e. The Morgan fingerprint density at radius 2 is 2.08 bits per heavy atom. The van der Waals surface area contributed by atoms with Crippen molar-refractivity contribution in [3.8, 4) is 0 Å². The first-order chi connectivity index (χ1) is 11.8. The first-order valence-electron chi connectivity index (χ1n) is 8.83. The summed E-state index contributed by atoms with van der Waals surface area (Å²) in [4.78, 5) is 17.6. The molecule has 0 bridgehead atoms. The topological polar surface area (TPSA) is 71.2 Å². The van der Waals surface area contributed by atoms with E-state index in [0.29, 0.717) is 12.0 Å². The smallest absolute Gasteiger partial charge is 0.229 e. The van der Waals surface area contributed by atoms with Crippen molar-refractivity contribution in [3.05, 3.63) is 30.3 Å². The molecule has 1 aliphatic heterocycles. The zero-order valence-electron chi connectivity index (χ0n) is 14.1. The SMILES string of the molecule is CN(c1ccncn1)C1CCN(Cc2noc(C3CCC3)n2)CC1. The Labute approximate surface area is 142 Å². The highest BCUT2D eigenvalue weighted by Gasteiger charge is 2.27. The van der Waals surface area contributed by atoms with Crippen LogP contribution in [0.25, 0.3) is 0 Å². The lowest BCUT2D eigenvalue weighted by molar-refractivity contribution is 0.196. The first kappa shape index (κ1) is 15.5. The van der Waals surface area contributed by atoms with Gasteiger partial charge in [-0.1, -0.05) is 11.6 Å². The standard InChI is InChI=1S/C17H24N6O/c1-22(16-5-8-18-12-19-16)14-6-9-23(10-7-14)11-15-20-17(24-21-15)13-3-2-4-13/h5,8,12-14H,2-4,6-7,9-11H2,1H3. The van der Waals surface area contributed by atoms with Gasteiger partial charge in [0.1, 0.15) is 12.1 Å². The molecule has 2 aliphatic rings. The number of piperidine rings is 1. The van der Waals surface area contributed by atoms with Crippen LogP contribution in [-0.4, -0.2) is 51.2 Å². The summed E-state index contributed by atoms with van der Waals surface area (Å²) in [6.07, 6.45) is 9.32. The maximum atomic E-state index is 5.42. The van der Waals surface area contributed by atoms with Crippen LogP contribution in [0.2, 0.25) is 0 Å². The van der Waals surface area contributed by atoms with E-state index in [2.05, 4.69) is 37.0 Å². The van der Waals surface area contributed by atoms with E-state index in [0.717, 1.165) is 50.0 Å². The van der Waals surface area contributed by atoms with E-state index in [1.807, 2.05) is 6.07 Å². The van der Waals surface area contributed by atoms with Crippen molar-refractivity contribution >= 4 is 5.82 Å².